The lowest BCUT2D eigenvalue weighted by molar-refractivity contribution is -0.0768. The summed E-state index contributed by atoms with van der Waals surface area (Å²) >= 11 is 0. The summed E-state index contributed by atoms with van der Waals surface area (Å²) < 4.78 is 7.83. The Hall–Kier alpha value is -1.92. The summed E-state index contributed by atoms with van der Waals surface area (Å²) in [4.78, 5) is 23.0. The molecule has 28 heavy (non-hydrogen) atoms. The van der Waals surface area contributed by atoms with Gasteiger partial charge in [-0.15, -0.1) is 0 Å². The van der Waals surface area contributed by atoms with Crippen LogP contribution in [0, 0.1) is 5.92 Å². The van der Waals surface area contributed by atoms with E-state index in [-0.39, 0.29) is 11.3 Å². The van der Waals surface area contributed by atoms with Crippen molar-refractivity contribution in [2.45, 2.75) is 59.4 Å². The van der Waals surface area contributed by atoms with Crippen molar-refractivity contribution in [2.75, 3.05) is 26.4 Å². The lowest BCUT2D eigenvalue weighted by atomic mass is 9.95. The highest BCUT2D eigenvalue weighted by molar-refractivity contribution is 5.97. The maximum Gasteiger partial charge on any atom is 0.277 e. The predicted octanol–water partition coefficient (Wildman–Crippen LogP) is 4.17. The van der Waals surface area contributed by atoms with Gasteiger partial charge in [0.15, 0.2) is 0 Å². The van der Waals surface area contributed by atoms with Crippen LogP contribution in [0.5, 0.6) is 0 Å². The second-order valence-corrected chi connectivity index (χ2v) is 8.68. The molecule has 2 heterocycles. The van der Waals surface area contributed by atoms with E-state index in [1.807, 2.05) is 25.1 Å². The molecule has 1 aliphatic heterocycles. The normalized spacial score (nSPS) is 16.1. The highest BCUT2D eigenvalue weighted by atomic mass is 16.7. The Kier molecular flexibility index (Phi) is 6.40. The number of amides is 1. The van der Waals surface area contributed by atoms with Gasteiger partial charge in [0.2, 0.25) is 0 Å². The van der Waals surface area contributed by atoms with Crippen LogP contribution in [0.25, 0.3) is 11.0 Å². The SMILES string of the molecule is CCOCCC(C)Cn1c(C(C)(C)C)nc2cc(C(=O)N3CCCO3)ccc21. The Labute approximate surface area is 167 Å². The van der Waals surface area contributed by atoms with Crippen molar-refractivity contribution in [3.63, 3.8) is 0 Å². The van der Waals surface area contributed by atoms with E-state index >= 15 is 0 Å². The smallest absolute Gasteiger partial charge is 0.277 e. The Bertz CT molecular complexity index is 816. The molecular formula is C22H33N3O3. The highest BCUT2D eigenvalue weighted by Crippen LogP contribution is 2.29. The summed E-state index contributed by atoms with van der Waals surface area (Å²) in [6.45, 7) is 14.5. The lowest BCUT2D eigenvalue weighted by Crippen LogP contribution is -2.26. The first-order valence-electron chi connectivity index (χ1n) is 10.3. The molecule has 1 saturated heterocycles. The summed E-state index contributed by atoms with van der Waals surface area (Å²) in [5.74, 6) is 1.44. The van der Waals surface area contributed by atoms with Crippen molar-refractivity contribution in [1.29, 1.82) is 0 Å². The van der Waals surface area contributed by atoms with Crippen molar-refractivity contribution < 1.29 is 14.4 Å². The standard InChI is InChI=1S/C22H33N3O3/c1-6-27-13-10-16(2)15-24-19-9-8-17(20(26)25-11-7-12-28-25)14-18(19)23-21(24)22(3,4)5/h8-9,14,16H,6-7,10-13,15H2,1-5H3. The van der Waals surface area contributed by atoms with Gasteiger partial charge < -0.3 is 9.30 Å². The molecule has 0 bridgehead atoms. The average molecular weight is 388 g/mol. The van der Waals surface area contributed by atoms with E-state index in [4.69, 9.17) is 14.6 Å². The fourth-order valence-electron chi connectivity index (χ4n) is 3.60. The van der Waals surface area contributed by atoms with E-state index in [2.05, 4.69) is 32.3 Å². The topological polar surface area (TPSA) is 56.6 Å². The molecule has 1 aromatic heterocycles. The molecule has 2 aromatic rings. The maximum absolute atomic E-state index is 12.7. The number of hydrogen-bond acceptors (Lipinski definition) is 4. The van der Waals surface area contributed by atoms with Crippen LogP contribution in [0.4, 0.5) is 0 Å². The zero-order valence-corrected chi connectivity index (χ0v) is 17.8. The second-order valence-electron chi connectivity index (χ2n) is 8.68. The van der Waals surface area contributed by atoms with Crippen LogP contribution in [0.3, 0.4) is 0 Å². The molecule has 6 nitrogen and oxygen atoms in total. The van der Waals surface area contributed by atoms with Crippen LogP contribution in [0.1, 0.15) is 63.6 Å². The van der Waals surface area contributed by atoms with Crippen molar-refractivity contribution in [3.05, 3.63) is 29.6 Å². The third kappa shape index (κ3) is 4.55. The van der Waals surface area contributed by atoms with E-state index < -0.39 is 0 Å². The first-order valence-corrected chi connectivity index (χ1v) is 10.3. The quantitative estimate of drug-likeness (QED) is 0.669. The van der Waals surface area contributed by atoms with Crippen LogP contribution in [-0.2, 0) is 21.5 Å². The molecule has 6 heteroatoms. The highest BCUT2D eigenvalue weighted by Gasteiger charge is 2.26. The number of hydroxylamine groups is 2. The molecule has 0 spiro atoms. The fourth-order valence-corrected chi connectivity index (χ4v) is 3.60. The number of hydrogen-bond donors (Lipinski definition) is 0. The molecule has 0 saturated carbocycles. The zero-order chi connectivity index (χ0) is 20.3. The van der Waals surface area contributed by atoms with Gasteiger partial charge in [0.1, 0.15) is 5.82 Å². The first-order chi connectivity index (χ1) is 13.3. The van der Waals surface area contributed by atoms with Crippen molar-refractivity contribution in [2.24, 2.45) is 5.92 Å². The fraction of sp³-hybridized carbons (Fsp3) is 0.636. The maximum atomic E-state index is 12.7. The minimum absolute atomic E-state index is 0.0824. The zero-order valence-electron chi connectivity index (χ0n) is 17.8. The summed E-state index contributed by atoms with van der Waals surface area (Å²) in [5.41, 5.74) is 2.49. The number of fused-ring (bicyclic) bond motifs is 1. The van der Waals surface area contributed by atoms with Gasteiger partial charge in [-0.1, -0.05) is 27.7 Å². The summed E-state index contributed by atoms with van der Waals surface area (Å²) in [5, 5.41) is 1.46. The summed E-state index contributed by atoms with van der Waals surface area (Å²) in [6.07, 6.45) is 1.90. The molecule has 0 N–H and O–H groups in total. The number of benzene rings is 1. The number of rotatable bonds is 7. The molecule has 1 amide bonds. The van der Waals surface area contributed by atoms with Gasteiger partial charge >= 0.3 is 0 Å². The monoisotopic (exact) mass is 387 g/mol. The summed E-state index contributed by atoms with van der Waals surface area (Å²) in [7, 11) is 0. The van der Waals surface area contributed by atoms with Crippen LogP contribution < -0.4 is 0 Å². The van der Waals surface area contributed by atoms with Gasteiger partial charge in [-0.05, 0) is 43.9 Å². The molecule has 154 valence electrons. The number of carbonyl (C=O) groups excluding carboxylic acids is 1. The van der Waals surface area contributed by atoms with E-state index in [0.717, 1.165) is 49.5 Å². The van der Waals surface area contributed by atoms with Gasteiger partial charge in [-0.3, -0.25) is 9.63 Å². The van der Waals surface area contributed by atoms with Crippen LogP contribution in [-0.4, -0.2) is 46.9 Å². The number of ether oxygens (including phenoxy) is 1. The van der Waals surface area contributed by atoms with Crippen LogP contribution in [0.15, 0.2) is 18.2 Å². The van der Waals surface area contributed by atoms with Crippen molar-refractivity contribution >= 4 is 16.9 Å². The molecular weight excluding hydrogens is 354 g/mol. The third-order valence-electron chi connectivity index (χ3n) is 5.10. The molecule has 1 atom stereocenters. The second kappa shape index (κ2) is 8.62. The predicted molar refractivity (Wildman–Crippen MR) is 110 cm³/mol. The third-order valence-corrected chi connectivity index (χ3v) is 5.10. The number of nitrogens with zero attached hydrogens (tertiary/aromatic N) is 3. The largest absolute Gasteiger partial charge is 0.382 e. The van der Waals surface area contributed by atoms with E-state index in [0.29, 0.717) is 24.6 Å². The minimum Gasteiger partial charge on any atom is -0.382 e. The van der Waals surface area contributed by atoms with Gasteiger partial charge in [0, 0.05) is 30.7 Å². The lowest BCUT2D eigenvalue weighted by Gasteiger charge is -2.22. The van der Waals surface area contributed by atoms with Crippen LogP contribution >= 0.6 is 0 Å². The van der Waals surface area contributed by atoms with Crippen molar-refractivity contribution in [1.82, 2.24) is 14.6 Å². The molecule has 1 aromatic carbocycles. The Morgan fingerprint density at radius 1 is 1.36 bits per heavy atom. The molecule has 1 unspecified atom stereocenters. The number of imidazole rings is 1. The van der Waals surface area contributed by atoms with Crippen LogP contribution in [0.2, 0.25) is 0 Å². The first kappa shape index (κ1) is 20.8. The molecule has 3 rings (SSSR count). The molecule has 1 fully saturated rings. The number of aromatic nitrogens is 2. The average Bonchev–Trinajstić information content (AvgIpc) is 3.29. The van der Waals surface area contributed by atoms with E-state index in [9.17, 15) is 4.79 Å². The van der Waals surface area contributed by atoms with Crippen molar-refractivity contribution in [3.8, 4) is 0 Å². The minimum atomic E-state index is -0.0867. The van der Waals surface area contributed by atoms with E-state index in [1.54, 1.807) is 0 Å². The molecule has 0 radical (unpaired) electrons. The molecule has 1 aliphatic rings. The van der Waals surface area contributed by atoms with Gasteiger partial charge in [-0.25, -0.2) is 10.0 Å². The number of carbonyl (C=O) groups is 1. The van der Waals surface area contributed by atoms with Gasteiger partial charge in [0.25, 0.3) is 5.91 Å². The van der Waals surface area contributed by atoms with E-state index in [1.165, 1.54) is 5.06 Å². The van der Waals surface area contributed by atoms with Gasteiger partial charge in [0.05, 0.1) is 24.2 Å². The Balaban J connectivity index is 1.91. The Morgan fingerprint density at radius 2 is 2.14 bits per heavy atom. The Morgan fingerprint density at radius 3 is 2.79 bits per heavy atom. The summed E-state index contributed by atoms with van der Waals surface area (Å²) in [6, 6.07) is 5.81. The molecule has 0 aliphatic carbocycles. The van der Waals surface area contributed by atoms with Gasteiger partial charge in [-0.2, -0.15) is 0 Å².